The van der Waals surface area contributed by atoms with Gasteiger partial charge in [0.1, 0.15) is 6.07 Å². The van der Waals surface area contributed by atoms with E-state index in [1.165, 1.54) is 0 Å². The van der Waals surface area contributed by atoms with Crippen molar-refractivity contribution < 1.29 is 18.6 Å². The van der Waals surface area contributed by atoms with Crippen LogP contribution >= 0.6 is 0 Å². The second kappa shape index (κ2) is 8.45. The van der Waals surface area contributed by atoms with Crippen LogP contribution in [0, 0.1) is 11.3 Å². The molecular weight excluding hydrogens is 322 g/mol. The maximum Gasteiger partial charge on any atom is 0.232 e. The van der Waals surface area contributed by atoms with Gasteiger partial charge in [0.05, 0.1) is 21.3 Å². The van der Waals surface area contributed by atoms with E-state index in [1.54, 1.807) is 51.7 Å². The van der Waals surface area contributed by atoms with E-state index in [2.05, 4.69) is 16.9 Å². The Morgan fingerprint density at radius 3 is 2.40 bits per heavy atom. The highest BCUT2D eigenvalue weighted by Crippen LogP contribution is 2.38. The van der Waals surface area contributed by atoms with Gasteiger partial charge in [-0.15, -0.1) is 6.58 Å². The fourth-order valence-corrected chi connectivity index (χ4v) is 2.13. The molecular formula is C18H19N3O4. The SMILES string of the molecule is C=CCNc1oc(/C=C/c2cc(OC)c(OC)c(OC)c2)nc1C#N. The minimum atomic E-state index is 0.186. The molecule has 25 heavy (non-hydrogen) atoms. The molecule has 7 heteroatoms. The van der Waals surface area contributed by atoms with Gasteiger partial charge in [-0.25, -0.2) is 0 Å². The number of benzene rings is 1. The molecule has 1 aromatic heterocycles. The number of hydrogen-bond acceptors (Lipinski definition) is 7. The van der Waals surface area contributed by atoms with Gasteiger partial charge >= 0.3 is 0 Å². The van der Waals surface area contributed by atoms with E-state index < -0.39 is 0 Å². The average Bonchev–Trinajstić information content (AvgIpc) is 3.05. The van der Waals surface area contributed by atoms with Crippen LogP contribution in [-0.4, -0.2) is 32.9 Å². The molecule has 2 rings (SSSR count). The van der Waals surface area contributed by atoms with Gasteiger partial charge in [0.15, 0.2) is 11.5 Å². The summed E-state index contributed by atoms with van der Waals surface area (Å²) in [5.74, 6) is 2.21. The standard InChI is InChI=1S/C18H19N3O4/c1-5-8-20-18-13(11-19)21-16(25-18)7-6-12-9-14(22-2)17(24-4)15(10-12)23-3/h5-7,9-10,20H,1,8H2,2-4H3/b7-6+. The molecule has 0 unspecified atom stereocenters. The maximum atomic E-state index is 9.10. The zero-order chi connectivity index (χ0) is 18.2. The Bertz CT molecular complexity index is 793. The minimum Gasteiger partial charge on any atom is -0.493 e. The van der Waals surface area contributed by atoms with Gasteiger partial charge in [0, 0.05) is 12.6 Å². The van der Waals surface area contributed by atoms with E-state index in [9.17, 15) is 0 Å². The lowest BCUT2D eigenvalue weighted by Crippen LogP contribution is -1.97. The zero-order valence-electron chi connectivity index (χ0n) is 14.3. The monoisotopic (exact) mass is 341 g/mol. The molecule has 130 valence electrons. The fourth-order valence-electron chi connectivity index (χ4n) is 2.13. The zero-order valence-corrected chi connectivity index (χ0v) is 14.3. The van der Waals surface area contributed by atoms with Gasteiger partial charge in [-0.2, -0.15) is 10.2 Å². The third-order valence-electron chi connectivity index (χ3n) is 3.26. The first-order valence-electron chi connectivity index (χ1n) is 7.40. The molecule has 1 heterocycles. The van der Waals surface area contributed by atoms with E-state index in [0.29, 0.717) is 35.6 Å². The van der Waals surface area contributed by atoms with Crippen LogP contribution in [0.4, 0.5) is 5.88 Å². The maximum absolute atomic E-state index is 9.10. The van der Waals surface area contributed by atoms with Gasteiger partial charge in [0.2, 0.25) is 23.2 Å². The lowest BCUT2D eigenvalue weighted by molar-refractivity contribution is 0.324. The van der Waals surface area contributed by atoms with Crippen LogP contribution in [0.2, 0.25) is 0 Å². The summed E-state index contributed by atoms with van der Waals surface area (Å²) in [6.07, 6.45) is 5.09. The normalized spacial score (nSPS) is 10.3. The van der Waals surface area contributed by atoms with E-state index >= 15 is 0 Å². The van der Waals surface area contributed by atoms with Crippen molar-refractivity contribution in [3.05, 3.63) is 41.9 Å². The first kappa shape index (κ1) is 17.9. The topological polar surface area (TPSA) is 89.5 Å². The number of rotatable bonds is 8. The Morgan fingerprint density at radius 2 is 1.88 bits per heavy atom. The van der Waals surface area contributed by atoms with Crippen LogP contribution in [0.3, 0.4) is 0 Å². The molecule has 0 aliphatic rings. The van der Waals surface area contributed by atoms with Crippen molar-refractivity contribution in [3.63, 3.8) is 0 Å². The molecule has 0 saturated carbocycles. The number of anilines is 1. The summed E-state index contributed by atoms with van der Waals surface area (Å²) in [6.45, 7) is 4.08. The summed E-state index contributed by atoms with van der Waals surface area (Å²) in [6, 6.07) is 5.57. The molecule has 1 N–H and O–H groups in total. The molecule has 7 nitrogen and oxygen atoms in total. The van der Waals surface area contributed by atoms with Crippen molar-refractivity contribution in [2.45, 2.75) is 0 Å². The van der Waals surface area contributed by atoms with E-state index in [4.69, 9.17) is 23.9 Å². The van der Waals surface area contributed by atoms with Crippen LogP contribution in [0.25, 0.3) is 12.2 Å². The van der Waals surface area contributed by atoms with Crippen molar-refractivity contribution in [2.75, 3.05) is 33.2 Å². The van der Waals surface area contributed by atoms with Gasteiger partial charge in [-0.1, -0.05) is 6.08 Å². The molecule has 0 fully saturated rings. The number of nitrogens with one attached hydrogen (secondary N) is 1. The van der Waals surface area contributed by atoms with E-state index in [-0.39, 0.29) is 5.69 Å². The highest BCUT2D eigenvalue weighted by atomic mass is 16.5. The van der Waals surface area contributed by atoms with Crippen molar-refractivity contribution in [1.29, 1.82) is 5.26 Å². The highest BCUT2D eigenvalue weighted by Gasteiger charge is 2.13. The quantitative estimate of drug-likeness (QED) is 0.736. The third kappa shape index (κ3) is 4.12. The lowest BCUT2D eigenvalue weighted by Gasteiger charge is -2.12. The van der Waals surface area contributed by atoms with Crippen LogP contribution < -0.4 is 19.5 Å². The predicted molar refractivity (Wildman–Crippen MR) is 94.9 cm³/mol. The largest absolute Gasteiger partial charge is 0.493 e. The Hall–Kier alpha value is -3.40. The van der Waals surface area contributed by atoms with Gasteiger partial charge in [-0.05, 0) is 23.8 Å². The minimum absolute atomic E-state index is 0.186. The second-order valence-electron chi connectivity index (χ2n) is 4.80. The number of oxazole rings is 1. The molecule has 0 amide bonds. The number of ether oxygens (including phenoxy) is 3. The number of nitriles is 1. The first-order valence-corrected chi connectivity index (χ1v) is 7.40. The van der Waals surface area contributed by atoms with Crippen molar-refractivity contribution >= 4 is 18.0 Å². The van der Waals surface area contributed by atoms with Crippen molar-refractivity contribution in [1.82, 2.24) is 4.98 Å². The molecule has 0 spiro atoms. The smallest absolute Gasteiger partial charge is 0.232 e. The van der Waals surface area contributed by atoms with Crippen LogP contribution in [0.15, 0.2) is 29.2 Å². The number of aromatic nitrogens is 1. The van der Waals surface area contributed by atoms with Gasteiger partial charge in [-0.3, -0.25) is 0 Å². The molecule has 0 radical (unpaired) electrons. The Kier molecular flexibility index (Phi) is 6.07. The predicted octanol–water partition coefficient (Wildman–Crippen LogP) is 3.34. The average molecular weight is 341 g/mol. The summed E-state index contributed by atoms with van der Waals surface area (Å²) >= 11 is 0. The van der Waals surface area contributed by atoms with Crippen LogP contribution in [0.5, 0.6) is 17.2 Å². The van der Waals surface area contributed by atoms with Crippen molar-refractivity contribution in [3.8, 4) is 23.3 Å². The number of methoxy groups -OCH3 is 3. The molecule has 1 aromatic carbocycles. The van der Waals surface area contributed by atoms with Gasteiger partial charge < -0.3 is 23.9 Å². The summed E-state index contributed by atoms with van der Waals surface area (Å²) in [5.41, 5.74) is 0.984. The number of hydrogen-bond donors (Lipinski definition) is 1. The Morgan fingerprint density at radius 1 is 1.20 bits per heavy atom. The van der Waals surface area contributed by atoms with Gasteiger partial charge in [0.25, 0.3) is 0 Å². The summed E-state index contributed by atoms with van der Waals surface area (Å²) in [7, 11) is 4.65. The second-order valence-corrected chi connectivity index (χ2v) is 4.80. The summed E-state index contributed by atoms with van der Waals surface area (Å²) in [4.78, 5) is 4.12. The summed E-state index contributed by atoms with van der Waals surface area (Å²) < 4.78 is 21.4. The molecule has 0 bridgehead atoms. The van der Waals surface area contributed by atoms with E-state index in [0.717, 1.165) is 5.56 Å². The Balaban J connectivity index is 2.31. The molecule has 2 aromatic rings. The van der Waals surface area contributed by atoms with Crippen LogP contribution in [0.1, 0.15) is 17.1 Å². The van der Waals surface area contributed by atoms with Crippen molar-refractivity contribution in [2.24, 2.45) is 0 Å². The molecule has 0 aliphatic heterocycles. The summed E-state index contributed by atoms with van der Waals surface area (Å²) in [5, 5.41) is 12.0. The third-order valence-corrected chi connectivity index (χ3v) is 3.26. The fraction of sp³-hybridized carbons (Fsp3) is 0.222. The molecule has 0 saturated heterocycles. The Labute approximate surface area is 146 Å². The number of nitrogens with zero attached hydrogens (tertiary/aromatic N) is 2. The van der Waals surface area contributed by atoms with E-state index in [1.807, 2.05) is 6.07 Å². The van der Waals surface area contributed by atoms with Crippen LogP contribution in [-0.2, 0) is 0 Å². The first-order chi connectivity index (χ1) is 12.2. The molecule has 0 aliphatic carbocycles. The molecule has 0 atom stereocenters. The lowest BCUT2D eigenvalue weighted by atomic mass is 10.1. The highest BCUT2D eigenvalue weighted by molar-refractivity contribution is 5.71.